The van der Waals surface area contributed by atoms with Crippen LogP contribution in [-0.4, -0.2) is 18.1 Å². The number of amidine groups is 1. The lowest BCUT2D eigenvalue weighted by Gasteiger charge is -2.11. The average Bonchev–Trinajstić information content (AvgIpc) is 2.13. The zero-order valence-electron chi connectivity index (χ0n) is 7.71. The minimum atomic E-state index is -4.44. The van der Waals surface area contributed by atoms with Crippen molar-refractivity contribution in [2.45, 2.75) is 10.6 Å². The van der Waals surface area contributed by atoms with Gasteiger partial charge in [-0.1, -0.05) is 18.2 Å². The molecule has 0 radical (unpaired) electrons. The number of rotatable bonds is 3. The fourth-order valence-corrected chi connectivity index (χ4v) is 2.40. The van der Waals surface area contributed by atoms with Crippen LogP contribution in [0.4, 0.5) is 0 Å². The molecule has 7 heteroatoms. The molecule has 0 aromatic heterocycles. The zero-order valence-corrected chi connectivity index (χ0v) is 9.35. The van der Waals surface area contributed by atoms with Gasteiger partial charge in [0.05, 0.1) is 4.90 Å². The highest BCUT2D eigenvalue weighted by Crippen LogP contribution is 2.19. The van der Waals surface area contributed by atoms with E-state index in [9.17, 15) is 13.0 Å². The number of thioether (sulfide) groups is 1. The summed E-state index contributed by atoms with van der Waals surface area (Å²) < 4.78 is 32.6. The second-order valence-electron chi connectivity index (χ2n) is 2.75. The highest BCUT2D eigenvalue weighted by atomic mass is 32.2. The summed E-state index contributed by atoms with van der Waals surface area (Å²) in [6.07, 6.45) is 0. The first kappa shape index (κ1) is 12.0. The Hall–Kier alpha value is -1.05. The molecule has 0 spiro atoms. The molecule has 1 rings (SSSR count). The van der Waals surface area contributed by atoms with E-state index in [0.29, 0.717) is 5.56 Å². The van der Waals surface area contributed by atoms with Crippen molar-refractivity contribution < 1.29 is 18.4 Å². The van der Waals surface area contributed by atoms with Crippen LogP contribution in [0.5, 0.6) is 0 Å². The first-order valence-corrected chi connectivity index (χ1v) is 6.35. The quantitative estimate of drug-likeness (QED) is 0.399. The Balaban J connectivity index is 3.02. The van der Waals surface area contributed by atoms with E-state index >= 15 is 0 Å². The van der Waals surface area contributed by atoms with Crippen molar-refractivity contribution in [2.24, 2.45) is 5.73 Å². The third-order valence-corrected chi connectivity index (χ3v) is 3.36. The number of hydrogen-bond acceptors (Lipinski definition) is 4. The molecule has 0 heterocycles. The van der Waals surface area contributed by atoms with Gasteiger partial charge >= 0.3 is 0 Å². The summed E-state index contributed by atoms with van der Waals surface area (Å²) in [6, 6.07) is 5.97. The number of nitrogens with two attached hydrogens (primary N) is 2. The van der Waals surface area contributed by atoms with Gasteiger partial charge in [-0.2, -0.15) is 0 Å². The highest BCUT2D eigenvalue weighted by Gasteiger charge is 2.09. The Morgan fingerprint density at radius 3 is 2.60 bits per heavy atom. The predicted octanol–water partition coefficient (Wildman–Crippen LogP) is -1.10. The first-order valence-electron chi connectivity index (χ1n) is 3.96. The Morgan fingerprint density at radius 2 is 2.07 bits per heavy atom. The van der Waals surface area contributed by atoms with E-state index in [1.165, 1.54) is 12.1 Å². The summed E-state index contributed by atoms with van der Waals surface area (Å²) in [5.41, 5.74) is 5.64. The molecular weight excluding hydrogens is 236 g/mol. The lowest BCUT2D eigenvalue weighted by molar-refractivity contribution is -0.110. The fraction of sp³-hybridized carbons (Fsp3) is 0.125. The molecule has 4 N–H and O–H groups in total. The van der Waals surface area contributed by atoms with Crippen molar-refractivity contribution in [2.75, 3.05) is 0 Å². The summed E-state index contributed by atoms with van der Waals surface area (Å²) in [6.45, 7) is 0. The summed E-state index contributed by atoms with van der Waals surface area (Å²) in [5.74, 6) is 0.264. The van der Waals surface area contributed by atoms with Gasteiger partial charge in [0.2, 0.25) is 0 Å². The maximum absolute atomic E-state index is 10.9. The largest absolute Gasteiger partial charge is 0.744 e. The van der Waals surface area contributed by atoms with E-state index in [0.717, 1.165) is 11.8 Å². The van der Waals surface area contributed by atoms with Crippen LogP contribution in [-0.2, 0) is 15.9 Å². The molecule has 0 atom stereocenters. The highest BCUT2D eigenvalue weighted by molar-refractivity contribution is 8.12. The minimum Gasteiger partial charge on any atom is -0.744 e. The molecule has 0 bridgehead atoms. The molecule has 0 aliphatic carbocycles. The van der Waals surface area contributed by atoms with Crippen molar-refractivity contribution in [3.05, 3.63) is 29.8 Å². The Morgan fingerprint density at radius 1 is 1.47 bits per heavy atom. The lowest BCUT2D eigenvalue weighted by atomic mass is 10.2. The molecule has 15 heavy (non-hydrogen) atoms. The van der Waals surface area contributed by atoms with Gasteiger partial charge in [0.25, 0.3) is 5.17 Å². The molecule has 1 aromatic carbocycles. The van der Waals surface area contributed by atoms with Gasteiger partial charge in [0, 0.05) is 5.75 Å². The van der Waals surface area contributed by atoms with Crippen molar-refractivity contribution in [1.29, 1.82) is 0 Å². The second-order valence-corrected chi connectivity index (χ2v) is 5.15. The summed E-state index contributed by atoms with van der Waals surface area (Å²) in [5, 5.41) is 5.36. The van der Waals surface area contributed by atoms with E-state index in [-0.39, 0.29) is 15.8 Å². The minimum absolute atomic E-state index is 0.133. The van der Waals surface area contributed by atoms with E-state index in [2.05, 4.69) is 0 Å². The van der Waals surface area contributed by atoms with Crippen LogP contribution in [0.15, 0.2) is 29.2 Å². The average molecular weight is 246 g/mol. The molecule has 0 amide bonds. The molecule has 0 aliphatic rings. The van der Waals surface area contributed by atoms with Crippen LogP contribution >= 0.6 is 11.8 Å². The zero-order chi connectivity index (χ0) is 11.5. The number of benzene rings is 1. The van der Waals surface area contributed by atoms with Crippen LogP contribution in [0.3, 0.4) is 0 Å². The fourth-order valence-electron chi connectivity index (χ4n) is 1.03. The Kier molecular flexibility index (Phi) is 3.72. The molecule has 5 nitrogen and oxygen atoms in total. The molecule has 0 saturated heterocycles. The van der Waals surface area contributed by atoms with E-state index in [1.807, 2.05) is 0 Å². The van der Waals surface area contributed by atoms with Crippen LogP contribution in [0.25, 0.3) is 0 Å². The summed E-state index contributed by atoms with van der Waals surface area (Å²) >= 11 is 1.08. The molecule has 0 saturated carbocycles. The van der Waals surface area contributed by atoms with Crippen LogP contribution in [0.1, 0.15) is 5.56 Å². The number of hydrogen-bond donors (Lipinski definition) is 2. The maximum Gasteiger partial charge on any atom is 0.300 e. The van der Waals surface area contributed by atoms with Gasteiger partial charge < -0.3 is 4.55 Å². The van der Waals surface area contributed by atoms with Gasteiger partial charge in [-0.3, -0.25) is 11.1 Å². The molecule has 0 aliphatic heterocycles. The van der Waals surface area contributed by atoms with E-state index < -0.39 is 10.1 Å². The maximum atomic E-state index is 10.9. The monoisotopic (exact) mass is 246 g/mol. The third kappa shape index (κ3) is 3.54. The van der Waals surface area contributed by atoms with Crippen LogP contribution < -0.4 is 11.1 Å². The first-order chi connectivity index (χ1) is 6.91. The topological polar surface area (TPSA) is 109 Å². The van der Waals surface area contributed by atoms with Crippen molar-refractivity contribution in [3.8, 4) is 0 Å². The lowest BCUT2D eigenvalue weighted by Crippen LogP contribution is -2.43. The third-order valence-electron chi connectivity index (χ3n) is 1.64. The van der Waals surface area contributed by atoms with Crippen molar-refractivity contribution in [3.63, 3.8) is 0 Å². The molecule has 1 aromatic rings. The Labute approximate surface area is 91.9 Å². The normalized spacial score (nSPS) is 11.3. The SMILES string of the molecule is NC(=[NH2+])SCc1ccccc1S(=O)(=O)[O-]. The van der Waals surface area contributed by atoms with Gasteiger partial charge in [-0.25, -0.2) is 8.42 Å². The Bertz CT molecular complexity index is 471. The molecular formula is C8H10N2O3S2. The van der Waals surface area contributed by atoms with Gasteiger partial charge in [0.1, 0.15) is 10.1 Å². The molecule has 82 valence electrons. The van der Waals surface area contributed by atoms with Crippen LogP contribution in [0, 0.1) is 0 Å². The predicted molar refractivity (Wildman–Crippen MR) is 56.8 cm³/mol. The second kappa shape index (κ2) is 4.65. The van der Waals surface area contributed by atoms with Crippen LogP contribution in [0.2, 0.25) is 0 Å². The summed E-state index contributed by atoms with van der Waals surface area (Å²) in [4.78, 5) is -0.223. The smallest absolute Gasteiger partial charge is 0.300 e. The van der Waals surface area contributed by atoms with Gasteiger partial charge in [-0.05, 0) is 23.4 Å². The molecule has 0 unspecified atom stereocenters. The van der Waals surface area contributed by atoms with E-state index in [4.69, 9.17) is 11.1 Å². The van der Waals surface area contributed by atoms with Crippen molar-refractivity contribution in [1.82, 2.24) is 0 Å². The van der Waals surface area contributed by atoms with E-state index in [1.54, 1.807) is 12.1 Å². The molecule has 0 fully saturated rings. The van der Waals surface area contributed by atoms with Gasteiger partial charge in [-0.15, -0.1) is 0 Å². The van der Waals surface area contributed by atoms with Crippen molar-refractivity contribution >= 4 is 27.0 Å². The summed E-state index contributed by atoms with van der Waals surface area (Å²) in [7, 11) is -4.44. The standard InChI is InChI=1S/C8H10N2O3S2/c9-8(10)14-5-6-3-1-2-4-7(6)15(11,12)13/h1-4H,5H2,(H3,9,10)(H,11,12,13). The van der Waals surface area contributed by atoms with Gasteiger partial charge in [0.15, 0.2) is 0 Å².